The number of rotatable bonds is 1. The highest BCUT2D eigenvalue weighted by atomic mass is 35.5. The number of carbonyl (C=O) groups excluding carboxylic acids is 1. The first-order chi connectivity index (χ1) is 4.75. The molecule has 0 aromatic heterocycles. The molecule has 0 aliphatic rings. The Morgan fingerprint density at radius 1 is 1.50 bits per heavy atom. The standard InChI is InChI=1S/C7H3ClFO/c8-6-3-1-2-5(4-10)7(6)9/h1-3H. The van der Waals surface area contributed by atoms with Crippen molar-refractivity contribution in [3.8, 4) is 0 Å². The minimum atomic E-state index is -0.709. The van der Waals surface area contributed by atoms with E-state index in [0.717, 1.165) is 0 Å². The second-order valence-corrected chi connectivity index (χ2v) is 2.11. The fourth-order valence-corrected chi connectivity index (χ4v) is 0.757. The van der Waals surface area contributed by atoms with Crippen molar-refractivity contribution in [3.05, 3.63) is 34.6 Å². The first-order valence-corrected chi connectivity index (χ1v) is 2.95. The van der Waals surface area contributed by atoms with E-state index in [4.69, 9.17) is 11.6 Å². The molecule has 0 unspecified atom stereocenters. The van der Waals surface area contributed by atoms with Gasteiger partial charge in [-0.3, -0.25) is 4.79 Å². The largest absolute Gasteiger partial charge is 0.285 e. The molecular formula is C7H3ClFO. The molecule has 51 valence electrons. The predicted octanol–water partition coefficient (Wildman–Crippen LogP) is 1.94. The highest BCUT2D eigenvalue weighted by Crippen LogP contribution is 2.15. The van der Waals surface area contributed by atoms with Crippen LogP contribution in [0.1, 0.15) is 5.56 Å². The summed E-state index contributed by atoms with van der Waals surface area (Å²) in [5.41, 5.74) is -0.132. The summed E-state index contributed by atoms with van der Waals surface area (Å²) in [6.45, 7) is 0. The molecule has 1 rings (SSSR count). The summed E-state index contributed by atoms with van der Waals surface area (Å²) in [4.78, 5) is 9.96. The summed E-state index contributed by atoms with van der Waals surface area (Å²) in [5, 5.41) is -0.0548. The highest BCUT2D eigenvalue weighted by molar-refractivity contribution is 6.31. The normalized spacial score (nSPS) is 9.40. The van der Waals surface area contributed by atoms with E-state index in [0.29, 0.717) is 0 Å². The van der Waals surface area contributed by atoms with Gasteiger partial charge >= 0.3 is 0 Å². The zero-order valence-electron chi connectivity index (χ0n) is 4.90. The third-order valence-electron chi connectivity index (χ3n) is 1.06. The lowest BCUT2D eigenvalue weighted by Crippen LogP contribution is -1.86. The number of halogens is 2. The smallest absolute Gasteiger partial charge is 0.236 e. The molecule has 0 aliphatic carbocycles. The van der Waals surface area contributed by atoms with Crippen molar-refractivity contribution in [3.63, 3.8) is 0 Å². The highest BCUT2D eigenvalue weighted by Gasteiger charge is 2.03. The van der Waals surface area contributed by atoms with Crippen LogP contribution < -0.4 is 0 Å². The lowest BCUT2D eigenvalue weighted by atomic mass is 10.2. The van der Waals surface area contributed by atoms with E-state index in [1.54, 1.807) is 0 Å². The van der Waals surface area contributed by atoms with E-state index in [-0.39, 0.29) is 10.6 Å². The van der Waals surface area contributed by atoms with Crippen LogP contribution in [0.25, 0.3) is 0 Å². The molecule has 1 radical (unpaired) electrons. The van der Waals surface area contributed by atoms with Crippen molar-refractivity contribution >= 4 is 17.9 Å². The summed E-state index contributed by atoms with van der Waals surface area (Å²) in [5.74, 6) is -0.709. The molecule has 1 aromatic carbocycles. The van der Waals surface area contributed by atoms with E-state index in [1.165, 1.54) is 24.5 Å². The minimum absolute atomic E-state index is 0.0548. The van der Waals surface area contributed by atoms with Crippen molar-refractivity contribution in [1.29, 1.82) is 0 Å². The fraction of sp³-hybridized carbons (Fsp3) is 0. The third-order valence-corrected chi connectivity index (χ3v) is 1.35. The van der Waals surface area contributed by atoms with E-state index in [2.05, 4.69) is 0 Å². The van der Waals surface area contributed by atoms with Gasteiger partial charge in [0.2, 0.25) is 6.29 Å². The van der Waals surface area contributed by atoms with Crippen LogP contribution in [0.5, 0.6) is 0 Å². The molecule has 0 N–H and O–H groups in total. The van der Waals surface area contributed by atoms with Crippen molar-refractivity contribution in [2.45, 2.75) is 0 Å². The van der Waals surface area contributed by atoms with E-state index in [1.807, 2.05) is 0 Å². The zero-order valence-corrected chi connectivity index (χ0v) is 5.65. The van der Waals surface area contributed by atoms with Gasteiger partial charge < -0.3 is 0 Å². The Kier molecular flexibility index (Phi) is 2.02. The quantitative estimate of drug-likeness (QED) is 0.609. The number of hydrogen-bond donors (Lipinski definition) is 0. The van der Waals surface area contributed by atoms with E-state index in [9.17, 15) is 9.18 Å². The Labute approximate surface area is 62.4 Å². The molecular weight excluding hydrogens is 155 g/mol. The Morgan fingerprint density at radius 2 is 2.20 bits per heavy atom. The van der Waals surface area contributed by atoms with Crippen LogP contribution in [0.4, 0.5) is 4.39 Å². The van der Waals surface area contributed by atoms with Crippen LogP contribution in [0.2, 0.25) is 5.02 Å². The topological polar surface area (TPSA) is 17.1 Å². The van der Waals surface area contributed by atoms with Gasteiger partial charge in [-0.1, -0.05) is 17.7 Å². The summed E-state index contributed by atoms with van der Waals surface area (Å²) < 4.78 is 12.6. The average Bonchev–Trinajstić information content (AvgIpc) is 1.95. The van der Waals surface area contributed by atoms with Gasteiger partial charge in [0, 0.05) is 0 Å². The predicted molar refractivity (Wildman–Crippen MR) is 36.2 cm³/mol. The van der Waals surface area contributed by atoms with Crippen LogP contribution in [0.15, 0.2) is 18.2 Å². The first kappa shape index (κ1) is 7.22. The molecule has 0 saturated carbocycles. The molecule has 1 aromatic rings. The Balaban J connectivity index is 3.27. The van der Waals surface area contributed by atoms with Crippen LogP contribution >= 0.6 is 11.6 Å². The number of hydrogen-bond acceptors (Lipinski definition) is 1. The van der Waals surface area contributed by atoms with Gasteiger partial charge in [0.1, 0.15) is 0 Å². The minimum Gasteiger partial charge on any atom is -0.285 e. The van der Waals surface area contributed by atoms with Crippen LogP contribution in [0.3, 0.4) is 0 Å². The van der Waals surface area contributed by atoms with Gasteiger partial charge in [-0.25, -0.2) is 4.39 Å². The maximum absolute atomic E-state index is 12.6. The van der Waals surface area contributed by atoms with Crippen LogP contribution in [-0.2, 0) is 4.79 Å². The van der Waals surface area contributed by atoms with Crippen molar-refractivity contribution in [2.75, 3.05) is 0 Å². The van der Waals surface area contributed by atoms with Gasteiger partial charge in [0.05, 0.1) is 10.6 Å². The molecule has 0 spiro atoms. The van der Waals surface area contributed by atoms with Crippen LogP contribution in [-0.4, -0.2) is 6.29 Å². The van der Waals surface area contributed by atoms with Gasteiger partial charge in [0.25, 0.3) is 0 Å². The zero-order chi connectivity index (χ0) is 7.56. The fourth-order valence-electron chi connectivity index (χ4n) is 0.583. The van der Waals surface area contributed by atoms with E-state index < -0.39 is 5.82 Å². The molecule has 0 heterocycles. The molecule has 0 fully saturated rings. The molecule has 3 heteroatoms. The lowest BCUT2D eigenvalue weighted by molar-refractivity contribution is 0.556. The van der Waals surface area contributed by atoms with Crippen molar-refractivity contribution in [2.24, 2.45) is 0 Å². The Morgan fingerprint density at radius 3 is 2.70 bits per heavy atom. The van der Waals surface area contributed by atoms with Crippen molar-refractivity contribution < 1.29 is 9.18 Å². The second kappa shape index (κ2) is 2.80. The molecule has 0 atom stereocenters. The molecule has 0 aliphatic heterocycles. The van der Waals surface area contributed by atoms with E-state index >= 15 is 0 Å². The molecule has 0 saturated heterocycles. The van der Waals surface area contributed by atoms with Gasteiger partial charge in [-0.15, -0.1) is 0 Å². The molecule has 0 bridgehead atoms. The summed E-state index contributed by atoms with van der Waals surface area (Å²) in [7, 11) is 0. The summed E-state index contributed by atoms with van der Waals surface area (Å²) in [6.07, 6.45) is 1.43. The Bertz CT molecular complexity index is 260. The second-order valence-electron chi connectivity index (χ2n) is 1.70. The first-order valence-electron chi connectivity index (χ1n) is 2.58. The molecule has 1 nitrogen and oxygen atoms in total. The van der Waals surface area contributed by atoms with Crippen LogP contribution in [0, 0.1) is 5.82 Å². The van der Waals surface area contributed by atoms with Gasteiger partial charge in [-0.05, 0) is 12.1 Å². The SMILES string of the molecule is O=[C]c1cccc(Cl)c1F. The summed E-state index contributed by atoms with van der Waals surface area (Å²) >= 11 is 5.34. The van der Waals surface area contributed by atoms with Crippen molar-refractivity contribution in [1.82, 2.24) is 0 Å². The van der Waals surface area contributed by atoms with Gasteiger partial charge in [-0.2, -0.15) is 0 Å². The maximum Gasteiger partial charge on any atom is 0.236 e. The average molecular weight is 158 g/mol. The molecule has 0 amide bonds. The lowest BCUT2D eigenvalue weighted by Gasteiger charge is -1.93. The monoisotopic (exact) mass is 157 g/mol. The summed E-state index contributed by atoms with van der Waals surface area (Å²) in [6, 6.07) is 4.18. The molecule has 10 heavy (non-hydrogen) atoms. The number of benzene rings is 1. The Hall–Kier alpha value is -0.890. The maximum atomic E-state index is 12.6. The third kappa shape index (κ3) is 1.16. The van der Waals surface area contributed by atoms with Gasteiger partial charge in [0.15, 0.2) is 5.82 Å².